The van der Waals surface area contributed by atoms with Gasteiger partial charge in [0.2, 0.25) is 0 Å². The number of hydrogen-bond acceptors (Lipinski definition) is 4. The van der Waals surface area contributed by atoms with Crippen LogP contribution >= 0.6 is 11.8 Å². The lowest BCUT2D eigenvalue weighted by molar-refractivity contribution is 0.437. The molecule has 0 aromatic heterocycles. The van der Waals surface area contributed by atoms with E-state index in [2.05, 4.69) is 11.0 Å². The molecular formula is C11H15N3S. The highest BCUT2D eigenvalue weighted by molar-refractivity contribution is 7.99. The Bertz CT molecular complexity index is 369. The number of nitrogens with two attached hydrogens (primary N) is 1. The Labute approximate surface area is 94.9 Å². The summed E-state index contributed by atoms with van der Waals surface area (Å²) in [5.41, 5.74) is 6.75. The van der Waals surface area contributed by atoms with Crippen LogP contribution in [0, 0.1) is 11.3 Å². The Hall–Kier alpha value is -1.18. The van der Waals surface area contributed by atoms with E-state index in [4.69, 9.17) is 11.0 Å². The molecule has 3 nitrogen and oxygen atoms in total. The van der Waals surface area contributed by atoms with Gasteiger partial charge in [-0.1, -0.05) is 0 Å². The van der Waals surface area contributed by atoms with Crippen molar-refractivity contribution in [3.8, 4) is 6.07 Å². The summed E-state index contributed by atoms with van der Waals surface area (Å²) in [7, 11) is 4.09. The Morgan fingerprint density at radius 1 is 1.47 bits per heavy atom. The molecule has 0 aliphatic carbocycles. The molecule has 0 saturated heterocycles. The second kappa shape index (κ2) is 5.64. The van der Waals surface area contributed by atoms with Gasteiger partial charge in [0.15, 0.2) is 0 Å². The number of benzene rings is 1. The Morgan fingerprint density at radius 3 is 2.80 bits per heavy atom. The highest BCUT2D eigenvalue weighted by atomic mass is 32.2. The van der Waals surface area contributed by atoms with E-state index in [0.717, 1.165) is 17.2 Å². The van der Waals surface area contributed by atoms with E-state index in [0.29, 0.717) is 11.3 Å². The predicted molar refractivity (Wildman–Crippen MR) is 64.8 cm³/mol. The van der Waals surface area contributed by atoms with Crippen LogP contribution < -0.4 is 5.73 Å². The number of nitrogen functional groups attached to an aromatic ring is 1. The maximum absolute atomic E-state index is 8.81. The molecule has 0 heterocycles. The van der Waals surface area contributed by atoms with E-state index in [1.54, 1.807) is 17.8 Å². The fourth-order valence-corrected chi connectivity index (χ4v) is 2.13. The molecule has 0 aliphatic rings. The maximum Gasteiger partial charge on any atom is 0.101 e. The minimum absolute atomic E-state index is 0.550. The smallest absolute Gasteiger partial charge is 0.101 e. The van der Waals surface area contributed by atoms with Crippen LogP contribution in [0.5, 0.6) is 0 Å². The molecule has 0 fully saturated rings. The summed E-state index contributed by atoms with van der Waals surface area (Å²) in [6.07, 6.45) is 0. The summed E-state index contributed by atoms with van der Waals surface area (Å²) >= 11 is 1.74. The fraction of sp³-hybridized carbons (Fsp3) is 0.364. The molecule has 80 valence electrons. The van der Waals surface area contributed by atoms with Crippen LogP contribution in [0.4, 0.5) is 5.69 Å². The minimum atomic E-state index is 0.550. The van der Waals surface area contributed by atoms with Gasteiger partial charge in [-0.05, 0) is 32.3 Å². The van der Waals surface area contributed by atoms with Gasteiger partial charge in [0.05, 0.1) is 5.56 Å². The Morgan fingerprint density at radius 2 is 2.20 bits per heavy atom. The lowest BCUT2D eigenvalue weighted by atomic mass is 10.2. The topological polar surface area (TPSA) is 53.0 Å². The quantitative estimate of drug-likeness (QED) is 0.622. The minimum Gasteiger partial charge on any atom is -0.398 e. The van der Waals surface area contributed by atoms with Crippen LogP contribution in [-0.4, -0.2) is 31.3 Å². The van der Waals surface area contributed by atoms with E-state index in [-0.39, 0.29) is 0 Å². The molecule has 0 bridgehead atoms. The number of thioether (sulfide) groups is 1. The summed E-state index contributed by atoms with van der Waals surface area (Å²) in [5, 5.41) is 8.81. The van der Waals surface area contributed by atoms with Crippen LogP contribution in [0.15, 0.2) is 23.1 Å². The monoisotopic (exact) mass is 221 g/mol. The molecule has 1 aromatic rings. The van der Waals surface area contributed by atoms with Crippen molar-refractivity contribution < 1.29 is 0 Å². The molecule has 0 atom stereocenters. The van der Waals surface area contributed by atoms with E-state index in [1.165, 1.54) is 0 Å². The summed E-state index contributed by atoms with van der Waals surface area (Å²) in [6, 6.07) is 7.67. The van der Waals surface area contributed by atoms with Gasteiger partial charge in [0, 0.05) is 22.9 Å². The van der Waals surface area contributed by atoms with Gasteiger partial charge >= 0.3 is 0 Å². The van der Waals surface area contributed by atoms with Gasteiger partial charge in [-0.2, -0.15) is 5.26 Å². The highest BCUT2D eigenvalue weighted by Crippen LogP contribution is 2.22. The van der Waals surface area contributed by atoms with Gasteiger partial charge < -0.3 is 10.6 Å². The van der Waals surface area contributed by atoms with E-state index < -0.39 is 0 Å². The van der Waals surface area contributed by atoms with Crippen LogP contribution in [0.25, 0.3) is 0 Å². The van der Waals surface area contributed by atoms with Crippen molar-refractivity contribution in [3.05, 3.63) is 23.8 Å². The summed E-state index contributed by atoms with van der Waals surface area (Å²) in [4.78, 5) is 3.23. The first-order valence-electron chi connectivity index (χ1n) is 4.70. The van der Waals surface area contributed by atoms with Gasteiger partial charge in [0.1, 0.15) is 6.07 Å². The third kappa shape index (κ3) is 3.82. The molecule has 0 unspecified atom stereocenters. The van der Waals surface area contributed by atoms with Crippen molar-refractivity contribution in [1.82, 2.24) is 4.90 Å². The molecule has 1 rings (SSSR count). The van der Waals surface area contributed by atoms with Gasteiger partial charge in [-0.3, -0.25) is 0 Å². The fourth-order valence-electron chi connectivity index (χ4n) is 1.07. The maximum atomic E-state index is 8.81. The van der Waals surface area contributed by atoms with Crippen LogP contribution in [0.3, 0.4) is 0 Å². The Balaban J connectivity index is 2.60. The standard InChI is InChI=1S/C11H15N3S/c1-14(2)5-6-15-10-3-4-11(13)9(7-10)8-12/h3-4,7H,5-6,13H2,1-2H3. The van der Waals surface area contributed by atoms with Crippen molar-refractivity contribution in [1.29, 1.82) is 5.26 Å². The SMILES string of the molecule is CN(C)CCSc1ccc(N)c(C#N)c1. The van der Waals surface area contributed by atoms with Crippen molar-refractivity contribution in [3.63, 3.8) is 0 Å². The third-order valence-electron chi connectivity index (χ3n) is 1.95. The predicted octanol–water partition coefficient (Wildman–Crippen LogP) is 1.79. The van der Waals surface area contributed by atoms with Gasteiger partial charge in [-0.25, -0.2) is 0 Å². The average molecular weight is 221 g/mol. The summed E-state index contributed by atoms with van der Waals surface area (Å²) in [5.74, 6) is 1.02. The van der Waals surface area contributed by atoms with Crippen LogP contribution in [0.2, 0.25) is 0 Å². The molecule has 0 saturated carbocycles. The lowest BCUT2D eigenvalue weighted by Crippen LogP contribution is -2.14. The molecule has 1 aromatic carbocycles. The molecule has 15 heavy (non-hydrogen) atoms. The normalized spacial score (nSPS) is 10.3. The molecular weight excluding hydrogens is 206 g/mol. The van der Waals surface area contributed by atoms with Crippen LogP contribution in [-0.2, 0) is 0 Å². The van der Waals surface area contributed by atoms with E-state index in [9.17, 15) is 0 Å². The molecule has 4 heteroatoms. The zero-order valence-electron chi connectivity index (χ0n) is 9.03. The first-order chi connectivity index (χ1) is 7.13. The zero-order chi connectivity index (χ0) is 11.3. The van der Waals surface area contributed by atoms with Crippen molar-refractivity contribution in [2.45, 2.75) is 4.90 Å². The Kier molecular flexibility index (Phi) is 4.47. The molecule has 0 amide bonds. The first-order valence-corrected chi connectivity index (χ1v) is 5.69. The second-order valence-corrected chi connectivity index (χ2v) is 4.68. The molecule has 0 radical (unpaired) electrons. The van der Waals surface area contributed by atoms with Crippen molar-refractivity contribution >= 4 is 17.4 Å². The van der Waals surface area contributed by atoms with Crippen molar-refractivity contribution in [2.24, 2.45) is 0 Å². The summed E-state index contributed by atoms with van der Waals surface area (Å²) in [6.45, 7) is 1.02. The zero-order valence-corrected chi connectivity index (χ0v) is 9.84. The first kappa shape index (κ1) is 11.9. The second-order valence-electron chi connectivity index (χ2n) is 3.51. The lowest BCUT2D eigenvalue weighted by Gasteiger charge is -2.09. The summed E-state index contributed by atoms with van der Waals surface area (Å²) < 4.78 is 0. The van der Waals surface area contributed by atoms with Gasteiger partial charge in [-0.15, -0.1) is 11.8 Å². The number of hydrogen-bond donors (Lipinski definition) is 1. The molecule has 0 aliphatic heterocycles. The third-order valence-corrected chi connectivity index (χ3v) is 2.93. The molecule has 2 N–H and O–H groups in total. The van der Waals surface area contributed by atoms with Crippen molar-refractivity contribution in [2.75, 3.05) is 32.1 Å². The van der Waals surface area contributed by atoms with Gasteiger partial charge in [0.25, 0.3) is 0 Å². The van der Waals surface area contributed by atoms with Crippen LogP contribution in [0.1, 0.15) is 5.56 Å². The molecule has 0 spiro atoms. The number of rotatable bonds is 4. The number of anilines is 1. The number of nitrogens with zero attached hydrogens (tertiary/aromatic N) is 2. The average Bonchev–Trinajstić information content (AvgIpc) is 2.20. The largest absolute Gasteiger partial charge is 0.398 e. The number of nitriles is 1. The van der Waals surface area contributed by atoms with E-state index >= 15 is 0 Å². The van der Waals surface area contributed by atoms with E-state index in [1.807, 2.05) is 26.2 Å². The highest BCUT2D eigenvalue weighted by Gasteiger charge is 2.00.